The van der Waals surface area contributed by atoms with Gasteiger partial charge in [-0.2, -0.15) is 0 Å². The Bertz CT molecular complexity index is 1510. The first-order valence-electron chi connectivity index (χ1n) is 13.2. The molecule has 6 nitrogen and oxygen atoms in total. The summed E-state index contributed by atoms with van der Waals surface area (Å²) in [4.78, 5) is 17.6. The van der Waals surface area contributed by atoms with Crippen molar-refractivity contribution in [3.63, 3.8) is 0 Å². The van der Waals surface area contributed by atoms with Crippen LogP contribution in [0.4, 0.5) is 0 Å². The highest BCUT2D eigenvalue weighted by Gasteiger charge is 2.23. The van der Waals surface area contributed by atoms with Crippen molar-refractivity contribution in [2.24, 2.45) is 0 Å². The minimum Gasteiger partial charge on any atom is -0.497 e. The van der Waals surface area contributed by atoms with Crippen molar-refractivity contribution in [3.8, 4) is 11.5 Å². The van der Waals surface area contributed by atoms with Gasteiger partial charge in [-0.25, -0.2) is 0 Å². The van der Waals surface area contributed by atoms with Crippen molar-refractivity contribution >= 4 is 16.8 Å². The van der Waals surface area contributed by atoms with E-state index in [1.807, 2.05) is 42.5 Å². The molecule has 1 amide bonds. The Morgan fingerprint density at radius 1 is 0.872 bits per heavy atom. The van der Waals surface area contributed by atoms with Crippen LogP contribution in [-0.4, -0.2) is 36.2 Å². The number of methoxy groups -OCH3 is 2. The van der Waals surface area contributed by atoms with Crippen LogP contribution in [0.5, 0.6) is 11.5 Å². The van der Waals surface area contributed by atoms with E-state index in [-0.39, 0.29) is 11.8 Å². The number of pyridine rings is 1. The van der Waals surface area contributed by atoms with Gasteiger partial charge < -0.3 is 19.4 Å². The van der Waals surface area contributed by atoms with Crippen molar-refractivity contribution in [3.05, 3.63) is 126 Å². The summed E-state index contributed by atoms with van der Waals surface area (Å²) in [5.74, 6) is 1.52. The third kappa shape index (κ3) is 6.29. The highest BCUT2D eigenvalue weighted by atomic mass is 16.5. The average Bonchev–Trinajstić information content (AvgIpc) is 3.35. The van der Waals surface area contributed by atoms with Crippen LogP contribution in [0.3, 0.4) is 0 Å². The van der Waals surface area contributed by atoms with Crippen molar-refractivity contribution in [2.45, 2.75) is 25.3 Å². The lowest BCUT2D eigenvalue weighted by Crippen LogP contribution is -2.27. The molecule has 0 bridgehead atoms. The Balaban J connectivity index is 1.44. The number of para-hydroxylation sites is 1. The molecule has 1 unspecified atom stereocenters. The third-order valence-corrected chi connectivity index (χ3v) is 7.04. The van der Waals surface area contributed by atoms with E-state index in [1.165, 1.54) is 5.56 Å². The van der Waals surface area contributed by atoms with Crippen LogP contribution < -0.4 is 14.8 Å². The molecule has 1 N–H and O–H groups in total. The topological polar surface area (TPSA) is 65.4 Å². The molecule has 0 aliphatic rings. The number of fused-ring (bicyclic) bond motifs is 1. The molecule has 3 aromatic carbocycles. The van der Waals surface area contributed by atoms with Gasteiger partial charge in [0, 0.05) is 60.8 Å². The maximum Gasteiger partial charge on any atom is 0.220 e. The molecule has 0 saturated carbocycles. The van der Waals surface area contributed by atoms with Gasteiger partial charge in [-0.15, -0.1) is 0 Å². The van der Waals surface area contributed by atoms with Gasteiger partial charge in [0.05, 0.1) is 14.2 Å². The first-order chi connectivity index (χ1) is 19.1. The van der Waals surface area contributed by atoms with Crippen LogP contribution in [0.2, 0.25) is 0 Å². The molecular formula is C33H33N3O3. The Morgan fingerprint density at radius 2 is 1.56 bits per heavy atom. The third-order valence-electron chi connectivity index (χ3n) is 7.04. The van der Waals surface area contributed by atoms with Crippen LogP contribution in [0.1, 0.15) is 34.7 Å². The fourth-order valence-corrected chi connectivity index (χ4v) is 4.99. The van der Waals surface area contributed by atoms with E-state index >= 15 is 0 Å². The second-order valence-corrected chi connectivity index (χ2v) is 9.53. The molecular weight excluding hydrogens is 486 g/mol. The van der Waals surface area contributed by atoms with Gasteiger partial charge in [0.2, 0.25) is 5.91 Å². The van der Waals surface area contributed by atoms with Crippen LogP contribution in [0, 0.1) is 0 Å². The van der Waals surface area contributed by atoms with Crippen molar-refractivity contribution in [1.29, 1.82) is 0 Å². The predicted molar refractivity (Wildman–Crippen MR) is 154 cm³/mol. The number of carbonyl (C=O) groups excluding carboxylic acids is 1. The molecule has 198 valence electrons. The average molecular weight is 520 g/mol. The first kappa shape index (κ1) is 26.0. The zero-order chi connectivity index (χ0) is 27.0. The molecule has 39 heavy (non-hydrogen) atoms. The van der Waals surface area contributed by atoms with Gasteiger partial charge in [-0.1, -0.05) is 48.5 Å². The maximum atomic E-state index is 13.2. The summed E-state index contributed by atoms with van der Waals surface area (Å²) in [5.41, 5.74) is 5.48. The highest BCUT2D eigenvalue weighted by Crippen LogP contribution is 2.36. The van der Waals surface area contributed by atoms with Crippen LogP contribution in [-0.2, 0) is 17.8 Å². The predicted octanol–water partition coefficient (Wildman–Crippen LogP) is 5.98. The van der Waals surface area contributed by atoms with E-state index < -0.39 is 0 Å². The van der Waals surface area contributed by atoms with Gasteiger partial charge in [0.1, 0.15) is 11.5 Å². The van der Waals surface area contributed by atoms with E-state index in [9.17, 15) is 4.79 Å². The zero-order valence-corrected chi connectivity index (χ0v) is 22.3. The maximum absolute atomic E-state index is 13.2. The fourth-order valence-electron chi connectivity index (χ4n) is 4.99. The highest BCUT2D eigenvalue weighted by molar-refractivity contribution is 5.86. The van der Waals surface area contributed by atoms with Gasteiger partial charge in [-0.3, -0.25) is 9.78 Å². The number of carbonyl (C=O) groups is 1. The normalized spacial score (nSPS) is 11.7. The second kappa shape index (κ2) is 12.3. The molecule has 2 heterocycles. The summed E-state index contributed by atoms with van der Waals surface area (Å²) in [7, 11) is 3.34. The van der Waals surface area contributed by atoms with Crippen LogP contribution in [0.15, 0.2) is 103 Å². The molecule has 0 spiro atoms. The lowest BCUT2D eigenvalue weighted by Gasteiger charge is -2.18. The standard InChI is InChI=1S/C33H33N3O3/c1-38-27-14-10-24(11-15-27)22-36-23-31(29-8-3-4-9-32(29)36)30(25-12-16-28(39-2)17-13-25)21-33(37)35-20-18-26-7-5-6-19-34-26/h3-17,19,23,30H,18,20-22H2,1-2H3,(H,35,37). The van der Waals surface area contributed by atoms with E-state index in [2.05, 4.69) is 69.6 Å². The molecule has 6 heteroatoms. The molecule has 0 aliphatic carbocycles. The van der Waals surface area contributed by atoms with Crippen molar-refractivity contribution < 1.29 is 14.3 Å². The quantitative estimate of drug-likeness (QED) is 0.233. The summed E-state index contributed by atoms with van der Waals surface area (Å²) >= 11 is 0. The number of aromatic nitrogens is 2. The van der Waals surface area contributed by atoms with E-state index in [0.717, 1.165) is 45.8 Å². The first-order valence-corrected chi connectivity index (χ1v) is 13.2. The zero-order valence-electron chi connectivity index (χ0n) is 22.3. The molecule has 1 atom stereocenters. The Morgan fingerprint density at radius 3 is 2.26 bits per heavy atom. The Kier molecular flexibility index (Phi) is 8.22. The smallest absolute Gasteiger partial charge is 0.220 e. The number of rotatable bonds is 11. The molecule has 0 aliphatic heterocycles. The van der Waals surface area contributed by atoms with Crippen molar-refractivity contribution in [2.75, 3.05) is 20.8 Å². The number of nitrogens with zero attached hydrogens (tertiary/aromatic N) is 2. The fraction of sp³-hybridized carbons (Fsp3) is 0.212. The lowest BCUT2D eigenvalue weighted by atomic mass is 9.88. The molecule has 2 aromatic heterocycles. The Hall–Kier alpha value is -4.58. The molecule has 0 fully saturated rings. The summed E-state index contributed by atoms with van der Waals surface area (Å²) < 4.78 is 13.0. The van der Waals surface area contributed by atoms with E-state index in [1.54, 1.807) is 20.4 Å². The summed E-state index contributed by atoms with van der Waals surface area (Å²) in [6.07, 6.45) is 5.01. The molecule has 5 rings (SSSR count). The minimum absolute atomic E-state index is 0.0127. The summed E-state index contributed by atoms with van der Waals surface area (Å²) in [6.45, 7) is 1.26. The van der Waals surface area contributed by atoms with Crippen molar-refractivity contribution in [1.82, 2.24) is 14.9 Å². The van der Waals surface area contributed by atoms with Gasteiger partial charge in [-0.05, 0) is 59.2 Å². The monoisotopic (exact) mass is 519 g/mol. The number of amides is 1. The number of hydrogen-bond donors (Lipinski definition) is 1. The van der Waals surface area contributed by atoms with Crippen LogP contribution >= 0.6 is 0 Å². The Labute approximate surface area is 229 Å². The van der Waals surface area contributed by atoms with Gasteiger partial charge >= 0.3 is 0 Å². The largest absolute Gasteiger partial charge is 0.497 e. The van der Waals surface area contributed by atoms with Gasteiger partial charge in [0.25, 0.3) is 0 Å². The van der Waals surface area contributed by atoms with Crippen LogP contribution in [0.25, 0.3) is 10.9 Å². The number of benzene rings is 3. The summed E-state index contributed by atoms with van der Waals surface area (Å²) in [6, 6.07) is 30.4. The molecule has 0 saturated heterocycles. The van der Waals surface area contributed by atoms with E-state index in [4.69, 9.17) is 9.47 Å². The SMILES string of the molecule is COc1ccc(Cn2cc(C(CC(=O)NCCc3ccccn3)c3ccc(OC)cc3)c3ccccc32)cc1. The minimum atomic E-state index is -0.118. The number of nitrogens with one attached hydrogen (secondary N) is 1. The molecule has 0 radical (unpaired) electrons. The number of ether oxygens (including phenoxy) is 2. The van der Waals surface area contributed by atoms with E-state index in [0.29, 0.717) is 19.4 Å². The molecule has 5 aromatic rings. The summed E-state index contributed by atoms with van der Waals surface area (Å²) in [5, 5.41) is 4.25. The number of hydrogen-bond acceptors (Lipinski definition) is 4. The lowest BCUT2D eigenvalue weighted by molar-refractivity contribution is -0.121. The van der Waals surface area contributed by atoms with Gasteiger partial charge in [0.15, 0.2) is 0 Å². The second-order valence-electron chi connectivity index (χ2n) is 9.53.